The van der Waals surface area contributed by atoms with Crippen molar-refractivity contribution >= 4 is 10.8 Å². The molecule has 0 N–H and O–H groups in total. The summed E-state index contributed by atoms with van der Waals surface area (Å²) in [7, 11) is 0. The van der Waals surface area contributed by atoms with Crippen LogP contribution in [0.3, 0.4) is 0 Å². The first-order valence-electron chi connectivity index (χ1n) is 21.1. The third-order valence-corrected chi connectivity index (χ3v) is 12.6. The Morgan fingerprint density at radius 3 is 1.36 bits per heavy atom. The van der Waals surface area contributed by atoms with Crippen molar-refractivity contribution in [3.05, 3.63) is 230 Å². The van der Waals surface area contributed by atoms with E-state index in [2.05, 4.69) is 208 Å². The van der Waals surface area contributed by atoms with E-state index in [0.29, 0.717) is 5.82 Å². The van der Waals surface area contributed by atoms with E-state index in [1.54, 1.807) is 0 Å². The quantitative estimate of drug-likeness (QED) is 0.161. The Labute approximate surface area is 357 Å². The predicted octanol–water partition coefficient (Wildman–Crippen LogP) is 15.6. The molecular formula is C59H42N2. The summed E-state index contributed by atoms with van der Waals surface area (Å²) in [6.07, 6.45) is 0. The van der Waals surface area contributed by atoms with E-state index in [9.17, 15) is 0 Å². The van der Waals surface area contributed by atoms with Crippen molar-refractivity contribution in [1.29, 1.82) is 0 Å². The predicted molar refractivity (Wildman–Crippen MR) is 255 cm³/mol. The molecule has 0 fully saturated rings. The van der Waals surface area contributed by atoms with Crippen LogP contribution in [0, 0.1) is 0 Å². The second-order valence-electron chi connectivity index (χ2n) is 16.6. The third kappa shape index (κ3) is 6.54. The van der Waals surface area contributed by atoms with Crippen LogP contribution in [0.15, 0.2) is 218 Å². The summed E-state index contributed by atoms with van der Waals surface area (Å²) in [6.45, 7) is 4.68. The molecule has 2 heteroatoms. The number of aromatic nitrogens is 2. The lowest BCUT2D eigenvalue weighted by molar-refractivity contribution is 0.660. The normalized spacial score (nSPS) is 12.6. The van der Waals surface area contributed by atoms with Gasteiger partial charge < -0.3 is 0 Å². The van der Waals surface area contributed by atoms with Crippen LogP contribution in [0.4, 0.5) is 0 Å². The molecule has 61 heavy (non-hydrogen) atoms. The first-order valence-corrected chi connectivity index (χ1v) is 21.1. The van der Waals surface area contributed by atoms with Crippen LogP contribution < -0.4 is 0 Å². The molecule has 10 aromatic rings. The molecule has 0 unspecified atom stereocenters. The van der Waals surface area contributed by atoms with Gasteiger partial charge in [-0.2, -0.15) is 0 Å². The molecule has 1 aliphatic carbocycles. The highest BCUT2D eigenvalue weighted by molar-refractivity contribution is 6.05. The van der Waals surface area contributed by atoms with Crippen LogP contribution in [0.2, 0.25) is 0 Å². The molecule has 0 radical (unpaired) electrons. The number of fused-ring (bicyclic) bond motifs is 4. The molecule has 1 aliphatic rings. The summed E-state index contributed by atoms with van der Waals surface area (Å²) >= 11 is 0. The number of hydrogen-bond donors (Lipinski definition) is 0. The fraction of sp³-hybridized carbons (Fsp3) is 0.0508. The average molecular weight is 779 g/mol. The second kappa shape index (κ2) is 14.9. The molecule has 288 valence electrons. The van der Waals surface area contributed by atoms with E-state index in [0.717, 1.165) is 33.5 Å². The summed E-state index contributed by atoms with van der Waals surface area (Å²) in [5.74, 6) is 0.708. The molecule has 1 heterocycles. The Hall–Kier alpha value is -7.68. The standard InChI is InChI=1S/C59H42N2/c1-59(2)54-20-12-11-19-51(54)52-34-33-47(37-55(52)59)43-23-21-41(22-24-43)42-25-29-44(30-26-42)48-35-36-53(50-18-10-9-17-49(48)50)57-38-56(60-58(61-57)46-15-7-4-8-16-46)45-31-27-40(28-32-45)39-13-5-3-6-14-39/h3-38H,1-2H3. The smallest absolute Gasteiger partial charge is 0.160 e. The third-order valence-electron chi connectivity index (χ3n) is 12.6. The fourth-order valence-electron chi connectivity index (χ4n) is 9.27. The Balaban J connectivity index is 0.905. The highest BCUT2D eigenvalue weighted by Crippen LogP contribution is 2.49. The minimum Gasteiger partial charge on any atom is -0.228 e. The van der Waals surface area contributed by atoms with Gasteiger partial charge in [0, 0.05) is 22.1 Å². The van der Waals surface area contributed by atoms with Crippen LogP contribution in [-0.4, -0.2) is 9.97 Å². The lowest BCUT2D eigenvalue weighted by atomic mass is 9.81. The summed E-state index contributed by atoms with van der Waals surface area (Å²) < 4.78 is 0. The maximum absolute atomic E-state index is 5.21. The van der Waals surface area contributed by atoms with Crippen LogP contribution in [0.25, 0.3) is 100 Å². The van der Waals surface area contributed by atoms with Crippen molar-refractivity contribution in [3.63, 3.8) is 0 Å². The summed E-state index contributed by atoms with van der Waals surface area (Å²) in [4.78, 5) is 10.3. The topological polar surface area (TPSA) is 25.8 Å². The first kappa shape index (κ1) is 36.4. The molecule has 0 atom stereocenters. The van der Waals surface area contributed by atoms with E-state index in [4.69, 9.17) is 9.97 Å². The minimum absolute atomic E-state index is 0.0167. The Kier molecular flexibility index (Phi) is 8.86. The minimum atomic E-state index is -0.0167. The molecular weight excluding hydrogens is 737 g/mol. The molecule has 0 aliphatic heterocycles. The molecule has 2 nitrogen and oxygen atoms in total. The molecule has 11 rings (SSSR count). The monoisotopic (exact) mass is 778 g/mol. The van der Waals surface area contributed by atoms with Gasteiger partial charge in [-0.1, -0.05) is 220 Å². The zero-order valence-electron chi connectivity index (χ0n) is 34.2. The maximum atomic E-state index is 5.21. The SMILES string of the molecule is CC1(C)c2ccccc2-c2ccc(-c3ccc(-c4ccc(-c5ccc(-c6cc(-c7ccc(-c8ccccc8)cc7)nc(-c7ccccc7)n6)c6ccccc56)cc4)cc3)cc21. The molecule has 9 aromatic carbocycles. The highest BCUT2D eigenvalue weighted by Gasteiger charge is 2.35. The van der Waals surface area contributed by atoms with Gasteiger partial charge in [-0.3, -0.25) is 0 Å². The summed E-state index contributed by atoms with van der Waals surface area (Å²) in [5, 5.41) is 2.34. The lowest BCUT2D eigenvalue weighted by Crippen LogP contribution is -2.14. The van der Waals surface area contributed by atoms with E-state index in [1.165, 1.54) is 72.1 Å². The van der Waals surface area contributed by atoms with Gasteiger partial charge in [0.1, 0.15) is 0 Å². The van der Waals surface area contributed by atoms with Crippen molar-refractivity contribution in [2.45, 2.75) is 19.3 Å². The van der Waals surface area contributed by atoms with Gasteiger partial charge in [-0.05, 0) is 89.7 Å². The van der Waals surface area contributed by atoms with Crippen molar-refractivity contribution in [2.75, 3.05) is 0 Å². The number of benzene rings is 9. The molecule has 0 amide bonds. The Bertz CT molecular complexity index is 3220. The van der Waals surface area contributed by atoms with Gasteiger partial charge in [-0.15, -0.1) is 0 Å². The highest BCUT2D eigenvalue weighted by atomic mass is 14.9. The Morgan fingerprint density at radius 2 is 0.705 bits per heavy atom. The molecule has 0 bridgehead atoms. The zero-order valence-corrected chi connectivity index (χ0v) is 34.2. The molecule has 1 aromatic heterocycles. The van der Waals surface area contributed by atoms with Crippen molar-refractivity contribution in [2.24, 2.45) is 0 Å². The van der Waals surface area contributed by atoms with Gasteiger partial charge in [-0.25, -0.2) is 9.97 Å². The first-order chi connectivity index (χ1) is 30.0. The number of hydrogen-bond acceptors (Lipinski definition) is 2. The van der Waals surface area contributed by atoms with E-state index >= 15 is 0 Å². The molecule has 0 saturated heterocycles. The van der Waals surface area contributed by atoms with Crippen molar-refractivity contribution in [3.8, 4) is 89.5 Å². The zero-order chi connectivity index (χ0) is 40.9. The van der Waals surface area contributed by atoms with Gasteiger partial charge in [0.2, 0.25) is 0 Å². The van der Waals surface area contributed by atoms with Gasteiger partial charge in [0.25, 0.3) is 0 Å². The maximum Gasteiger partial charge on any atom is 0.160 e. The lowest BCUT2D eigenvalue weighted by Gasteiger charge is -2.22. The summed E-state index contributed by atoms with van der Waals surface area (Å²) in [5.41, 5.74) is 20.0. The van der Waals surface area contributed by atoms with Crippen molar-refractivity contribution in [1.82, 2.24) is 9.97 Å². The molecule has 0 saturated carbocycles. The van der Waals surface area contributed by atoms with Gasteiger partial charge in [0.15, 0.2) is 5.82 Å². The second-order valence-corrected chi connectivity index (χ2v) is 16.6. The van der Waals surface area contributed by atoms with Crippen LogP contribution in [-0.2, 0) is 5.41 Å². The van der Waals surface area contributed by atoms with E-state index < -0.39 is 0 Å². The largest absolute Gasteiger partial charge is 0.228 e. The van der Waals surface area contributed by atoms with E-state index in [1.807, 2.05) is 24.3 Å². The van der Waals surface area contributed by atoms with Gasteiger partial charge in [0.05, 0.1) is 11.4 Å². The average Bonchev–Trinajstić information content (AvgIpc) is 3.57. The molecule has 0 spiro atoms. The summed E-state index contributed by atoms with van der Waals surface area (Å²) in [6, 6.07) is 78.5. The Morgan fingerprint density at radius 1 is 0.279 bits per heavy atom. The van der Waals surface area contributed by atoms with Crippen LogP contribution >= 0.6 is 0 Å². The number of rotatable bonds is 7. The van der Waals surface area contributed by atoms with Crippen LogP contribution in [0.1, 0.15) is 25.0 Å². The van der Waals surface area contributed by atoms with Gasteiger partial charge >= 0.3 is 0 Å². The van der Waals surface area contributed by atoms with E-state index in [-0.39, 0.29) is 5.41 Å². The fourth-order valence-corrected chi connectivity index (χ4v) is 9.27. The van der Waals surface area contributed by atoms with Crippen LogP contribution in [0.5, 0.6) is 0 Å². The number of nitrogens with zero attached hydrogens (tertiary/aromatic N) is 2. The van der Waals surface area contributed by atoms with Crippen molar-refractivity contribution < 1.29 is 0 Å².